The van der Waals surface area contributed by atoms with Gasteiger partial charge in [-0.25, -0.2) is 13.8 Å². The quantitative estimate of drug-likeness (QED) is 0.759. The third-order valence-corrected chi connectivity index (χ3v) is 4.04. The van der Waals surface area contributed by atoms with Crippen LogP contribution in [-0.2, 0) is 0 Å². The number of anilines is 1. The molecule has 3 nitrogen and oxygen atoms in total. The van der Waals surface area contributed by atoms with Crippen LogP contribution in [0.25, 0.3) is 11.3 Å². The second-order valence-electron chi connectivity index (χ2n) is 4.97. The summed E-state index contributed by atoms with van der Waals surface area (Å²) in [4.78, 5) is 16.4. The zero-order valence-electron chi connectivity index (χ0n) is 12.1. The number of aromatic nitrogens is 1. The van der Waals surface area contributed by atoms with E-state index >= 15 is 0 Å². The summed E-state index contributed by atoms with van der Waals surface area (Å²) in [6.07, 6.45) is 0. The Morgan fingerprint density at radius 1 is 1.17 bits per heavy atom. The molecule has 0 fully saturated rings. The number of halogens is 2. The Bertz CT molecular complexity index is 877. The van der Waals surface area contributed by atoms with Crippen LogP contribution in [0.4, 0.5) is 13.9 Å². The van der Waals surface area contributed by atoms with Crippen molar-refractivity contribution in [1.82, 2.24) is 4.98 Å². The molecule has 0 aliphatic heterocycles. The topological polar surface area (TPSA) is 42.0 Å². The lowest BCUT2D eigenvalue weighted by molar-refractivity contribution is 0.102. The van der Waals surface area contributed by atoms with Crippen molar-refractivity contribution < 1.29 is 13.6 Å². The predicted octanol–water partition coefficient (Wildman–Crippen LogP) is 4.65. The maximum absolute atomic E-state index is 13.5. The molecule has 3 aromatic rings. The minimum atomic E-state index is -0.441. The summed E-state index contributed by atoms with van der Waals surface area (Å²) in [5.74, 6) is -1.22. The van der Waals surface area contributed by atoms with Gasteiger partial charge in [-0.3, -0.25) is 10.1 Å². The van der Waals surface area contributed by atoms with Crippen LogP contribution < -0.4 is 5.32 Å². The highest BCUT2D eigenvalue weighted by atomic mass is 32.1. The minimum absolute atomic E-state index is 0.218. The number of rotatable bonds is 3. The van der Waals surface area contributed by atoms with Crippen LogP contribution >= 0.6 is 11.3 Å². The molecule has 0 saturated heterocycles. The Balaban J connectivity index is 1.78. The number of aryl methyl sites for hydroxylation is 1. The third-order valence-electron chi connectivity index (χ3n) is 3.28. The summed E-state index contributed by atoms with van der Waals surface area (Å²) in [6, 6.07) is 10.3. The van der Waals surface area contributed by atoms with E-state index < -0.39 is 11.7 Å². The van der Waals surface area contributed by atoms with Crippen molar-refractivity contribution in [2.24, 2.45) is 0 Å². The largest absolute Gasteiger partial charge is 0.298 e. The van der Waals surface area contributed by atoms with Crippen LogP contribution in [0, 0.1) is 18.6 Å². The van der Waals surface area contributed by atoms with Gasteiger partial charge in [0.2, 0.25) is 0 Å². The number of nitrogens with zero attached hydrogens (tertiary/aromatic N) is 1. The average Bonchev–Trinajstić information content (AvgIpc) is 2.98. The van der Waals surface area contributed by atoms with Crippen LogP contribution in [0.2, 0.25) is 0 Å². The van der Waals surface area contributed by atoms with Gasteiger partial charge in [-0.2, -0.15) is 0 Å². The molecule has 1 N–H and O–H groups in total. The SMILES string of the molecule is Cc1ccc(C(=O)Nc2nc(-c3cccc(F)c3)cs2)cc1F. The van der Waals surface area contributed by atoms with Crippen molar-refractivity contribution in [3.05, 3.63) is 70.6 Å². The van der Waals surface area contributed by atoms with Gasteiger partial charge in [-0.15, -0.1) is 11.3 Å². The molecule has 23 heavy (non-hydrogen) atoms. The second-order valence-corrected chi connectivity index (χ2v) is 5.82. The highest BCUT2D eigenvalue weighted by molar-refractivity contribution is 7.14. The van der Waals surface area contributed by atoms with E-state index in [1.54, 1.807) is 36.6 Å². The van der Waals surface area contributed by atoms with E-state index in [0.717, 1.165) is 0 Å². The summed E-state index contributed by atoms with van der Waals surface area (Å²) in [5.41, 5.74) is 1.89. The molecular weight excluding hydrogens is 318 g/mol. The molecule has 116 valence electrons. The van der Waals surface area contributed by atoms with Crippen molar-refractivity contribution in [2.75, 3.05) is 5.32 Å². The number of benzene rings is 2. The molecular formula is C17H12F2N2OS. The molecule has 1 aromatic heterocycles. The second kappa shape index (κ2) is 6.26. The van der Waals surface area contributed by atoms with E-state index in [4.69, 9.17) is 0 Å². The molecule has 0 atom stereocenters. The van der Waals surface area contributed by atoms with Crippen molar-refractivity contribution in [1.29, 1.82) is 0 Å². The predicted molar refractivity (Wildman–Crippen MR) is 86.6 cm³/mol. The van der Waals surface area contributed by atoms with Gasteiger partial charge in [0.05, 0.1) is 5.69 Å². The standard InChI is InChI=1S/C17H12F2N2OS/c1-10-5-6-12(8-14(10)19)16(22)21-17-20-15(9-23-17)11-3-2-4-13(18)7-11/h2-9H,1H3,(H,20,21,22). The smallest absolute Gasteiger partial charge is 0.257 e. The molecule has 1 amide bonds. The molecule has 0 unspecified atom stereocenters. The van der Waals surface area contributed by atoms with Crippen molar-refractivity contribution in [2.45, 2.75) is 6.92 Å². The minimum Gasteiger partial charge on any atom is -0.298 e. The Hall–Kier alpha value is -2.60. The summed E-state index contributed by atoms with van der Waals surface area (Å²) < 4.78 is 26.7. The fourth-order valence-corrected chi connectivity index (χ4v) is 2.73. The van der Waals surface area contributed by atoms with Crippen LogP contribution in [0.1, 0.15) is 15.9 Å². The highest BCUT2D eigenvalue weighted by Crippen LogP contribution is 2.25. The Morgan fingerprint density at radius 3 is 2.74 bits per heavy atom. The van der Waals surface area contributed by atoms with E-state index in [0.29, 0.717) is 22.0 Å². The maximum atomic E-state index is 13.5. The van der Waals surface area contributed by atoms with E-state index in [-0.39, 0.29) is 11.4 Å². The molecule has 0 aliphatic rings. The number of nitrogens with one attached hydrogen (secondary N) is 1. The lowest BCUT2D eigenvalue weighted by Gasteiger charge is -2.03. The Labute approximate surface area is 135 Å². The molecule has 0 radical (unpaired) electrons. The lowest BCUT2D eigenvalue weighted by atomic mass is 10.1. The monoisotopic (exact) mass is 330 g/mol. The maximum Gasteiger partial charge on any atom is 0.257 e. The highest BCUT2D eigenvalue weighted by Gasteiger charge is 2.11. The number of hydrogen-bond acceptors (Lipinski definition) is 3. The summed E-state index contributed by atoms with van der Waals surface area (Å²) in [6.45, 7) is 1.63. The molecule has 1 heterocycles. The molecule has 3 rings (SSSR count). The first-order valence-corrected chi connectivity index (χ1v) is 7.70. The zero-order chi connectivity index (χ0) is 16.4. The van der Waals surface area contributed by atoms with Crippen molar-refractivity contribution in [3.8, 4) is 11.3 Å². The molecule has 2 aromatic carbocycles. The van der Waals surface area contributed by atoms with Gasteiger partial charge < -0.3 is 0 Å². The number of amides is 1. The van der Waals surface area contributed by atoms with Crippen molar-refractivity contribution in [3.63, 3.8) is 0 Å². The lowest BCUT2D eigenvalue weighted by Crippen LogP contribution is -2.12. The van der Waals surface area contributed by atoms with E-state index in [9.17, 15) is 13.6 Å². The number of carbonyl (C=O) groups is 1. The first-order chi connectivity index (χ1) is 11.0. The van der Waals surface area contributed by atoms with Crippen LogP contribution in [0.3, 0.4) is 0 Å². The van der Waals surface area contributed by atoms with Gasteiger partial charge in [0, 0.05) is 16.5 Å². The fraction of sp³-hybridized carbons (Fsp3) is 0.0588. The van der Waals surface area contributed by atoms with Gasteiger partial charge in [0.1, 0.15) is 11.6 Å². The molecule has 0 aliphatic carbocycles. The van der Waals surface area contributed by atoms with Crippen LogP contribution in [0.15, 0.2) is 47.8 Å². The zero-order valence-corrected chi connectivity index (χ0v) is 13.0. The van der Waals surface area contributed by atoms with Crippen LogP contribution in [0.5, 0.6) is 0 Å². The summed E-state index contributed by atoms with van der Waals surface area (Å²) in [5, 5.41) is 4.71. The van der Waals surface area contributed by atoms with Crippen molar-refractivity contribution >= 4 is 22.4 Å². The summed E-state index contributed by atoms with van der Waals surface area (Å²) >= 11 is 1.22. The average molecular weight is 330 g/mol. The normalized spacial score (nSPS) is 10.6. The Kier molecular flexibility index (Phi) is 4.16. The fourth-order valence-electron chi connectivity index (χ4n) is 2.01. The van der Waals surface area contributed by atoms with Crippen LogP contribution in [-0.4, -0.2) is 10.9 Å². The summed E-state index contributed by atoms with van der Waals surface area (Å²) in [7, 11) is 0. The molecule has 0 spiro atoms. The van der Waals surface area contributed by atoms with Gasteiger partial charge in [0.25, 0.3) is 5.91 Å². The first-order valence-electron chi connectivity index (χ1n) is 6.82. The molecule has 0 bridgehead atoms. The third kappa shape index (κ3) is 3.43. The number of hydrogen-bond donors (Lipinski definition) is 1. The Morgan fingerprint density at radius 2 is 2.00 bits per heavy atom. The van der Waals surface area contributed by atoms with E-state index in [1.807, 2.05) is 0 Å². The molecule has 6 heteroatoms. The van der Waals surface area contributed by atoms with Gasteiger partial charge in [-0.1, -0.05) is 18.2 Å². The number of thiazole rings is 1. The van der Waals surface area contributed by atoms with Gasteiger partial charge >= 0.3 is 0 Å². The van der Waals surface area contributed by atoms with Gasteiger partial charge in [0.15, 0.2) is 5.13 Å². The first kappa shape index (κ1) is 15.3. The van der Waals surface area contributed by atoms with Gasteiger partial charge in [-0.05, 0) is 36.8 Å². The van der Waals surface area contributed by atoms with E-state index in [2.05, 4.69) is 10.3 Å². The van der Waals surface area contributed by atoms with E-state index in [1.165, 1.54) is 29.5 Å². The molecule has 0 saturated carbocycles. The number of carbonyl (C=O) groups excluding carboxylic acids is 1.